The first-order valence-corrected chi connectivity index (χ1v) is 11.1. The maximum Gasteiger partial charge on any atom is 0.284 e. The van der Waals surface area contributed by atoms with Crippen LogP contribution >= 0.6 is 0 Å². The number of amides is 1. The number of aliphatic hydroxyl groups is 1. The zero-order valence-corrected chi connectivity index (χ0v) is 17.6. The van der Waals surface area contributed by atoms with Crippen molar-refractivity contribution in [2.24, 2.45) is 0 Å². The highest BCUT2D eigenvalue weighted by Gasteiger charge is 2.48. The maximum absolute atomic E-state index is 13.4. The van der Waals surface area contributed by atoms with Crippen molar-refractivity contribution in [1.82, 2.24) is 15.3 Å². The van der Waals surface area contributed by atoms with Gasteiger partial charge in [0.1, 0.15) is 23.4 Å². The summed E-state index contributed by atoms with van der Waals surface area (Å²) in [6.45, 7) is 1.86. The van der Waals surface area contributed by atoms with Crippen molar-refractivity contribution in [1.29, 1.82) is 0 Å². The summed E-state index contributed by atoms with van der Waals surface area (Å²) in [4.78, 5) is 21.2. The lowest BCUT2D eigenvalue weighted by molar-refractivity contribution is -0.603. The van der Waals surface area contributed by atoms with Crippen LogP contribution in [0.25, 0.3) is 0 Å². The van der Waals surface area contributed by atoms with Gasteiger partial charge in [-0.1, -0.05) is 19.3 Å². The first kappa shape index (κ1) is 20.0. The number of pyridine rings is 1. The van der Waals surface area contributed by atoms with Gasteiger partial charge in [-0.05, 0) is 44.6 Å². The largest absolute Gasteiger partial charge is 0.710 e. The van der Waals surface area contributed by atoms with E-state index in [2.05, 4.69) is 25.9 Å². The normalized spacial score (nSPS) is 24.1. The molecule has 5 rings (SSSR count). The molecule has 9 nitrogen and oxygen atoms in total. The molecular formula is C22H28N6O3. The quantitative estimate of drug-likeness (QED) is 0.438. The maximum atomic E-state index is 13.4. The summed E-state index contributed by atoms with van der Waals surface area (Å²) < 4.78 is 0.863. The van der Waals surface area contributed by atoms with E-state index in [9.17, 15) is 15.1 Å². The molecule has 0 radical (unpaired) electrons. The molecule has 2 aromatic heterocycles. The van der Waals surface area contributed by atoms with Gasteiger partial charge in [0.25, 0.3) is 11.7 Å². The topological polar surface area (TPSA) is 126 Å². The van der Waals surface area contributed by atoms with Gasteiger partial charge in [0, 0.05) is 12.1 Å². The molecule has 9 heteroatoms. The van der Waals surface area contributed by atoms with Crippen LogP contribution in [0, 0.1) is 12.1 Å². The minimum Gasteiger partial charge on any atom is -0.710 e. The summed E-state index contributed by atoms with van der Waals surface area (Å²) in [7, 11) is 0. The molecule has 3 aliphatic rings. The number of rotatable bonds is 4. The van der Waals surface area contributed by atoms with E-state index in [1.54, 1.807) is 12.1 Å². The van der Waals surface area contributed by atoms with Crippen molar-refractivity contribution in [2.45, 2.75) is 76.0 Å². The highest BCUT2D eigenvalue weighted by Crippen LogP contribution is 2.42. The summed E-state index contributed by atoms with van der Waals surface area (Å²) in [6, 6.07) is 3.40. The Morgan fingerprint density at radius 2 is 1.94 bits per heavy atom. The highest BCUT2D eigenvalue weighted by atomic mass is 16.5. The Balaban J connectivity index is 1.46. The molecule has 0 aromatic carbocycles. The number of carbonyl (C=O) groups excluding carboxylic acids is 1. The molecule has 1 aliphatic heterocycles. The fourth-order valence-electron chi connectivity index (χ4n) is 5.34. The van der Waals surface area contributed by atoms with Crippen LogP contribution < -0.4 is 20.7 Å². The van der Waals surface area contributed by atoms with Gasteiger partial charge in [-0.25, -0.2) is 15.0 Å². The van der Waals surface area contributed by atoms with E-state index in [0.29, 0.717) is 28.7 Å². The number of aryl methyl sites for hydroxylation is 1. The molecule has 4 N–H and O–H groups in total. The Morgan fingerprint density at radius 3 is 2.68 bits per heavy atom. The third-order valence-electron chi connectivity index (χ3n) is 6.88. The first-order valence-electron chi connectivity index (χ1n) is 11.1. The molecule has 2 fully saturated rings. The standard InChI is InChI=1S/C22H28N6O3/c1-13-10-18(26-17-11-16(23-12-24-17)25-14-6-5-7-15(14)29)28(31)20-19(13)21(30)27-22(20)8-3-2-4-9-22/h10-12,14-15,29H,2-9H2,1H3,(H,27,30)(H2,23,24,25,26)/t14-,15+/m1/s1. The summed E-state index contributed by atoms with van der Waals surface area (Å²) in [5.41, 5.74) is 1.22. The Kier molecular flexibility index (Phi) is 4.92. The molecule has 2 aromatic rings. The molecule has 0 unspecified atom stereocenters. The first-order chi connectivity index (χ1) is 15.0. The second-order valence-electron chi connectivity index (χ2n) is 8.99. The molecular weight excluding hydrogens is 396 g/mol. The highest BCUT2D eigenvalue weighted by molar-refractivity contribution is 6.00. The number of fused-ring (bicyclic) bond motifs is 2. The molecule has 0 saturated heterocycles. The van der Waals surface area contributed by atoms with Crippen LogP contribution in [0.15, 0.2) is 18.5 Å². The fourth-order valence-corrected chi connectivity index (χ4v) is 5.34. The van der Waals surface area contributed by atoms with E-state index in [4.69, 9.17) is 0 Å². The van der Waals surface area contributed by atoms with E-state index >= 15 is 0 Å². The van der Waals surface area contributed by atoms with E-state index in [1.807, 2.05) is 6.92 Å². The lowest BCUT2D eigenvalue weighted by atomic mass is 9.79. The van der Waals surface area contributed by atoms with Crippen LogP contribution in [0.1, 0.15) is 73.0 Å². The summed E-state index contributed by atoms with van der Waals surface area (Å²) in [5, 5.41) is 33.0. The van der Waals surface area contributed by atoms with Gasteiger partial charge in [0.2, 0.25) is 5.82 Å². The van der Waals surface area contributed by atoms with Crippen molar-refractivity contribution in [3.63, 3.8) is 0 Å². The minimum absolute atomic E-state index is 0.0299. The van der Waals surface area contributed by atoms with Crippen molar-refractivity contribution >= 4 is 23.4 Å². The minimum atomic E-state index is -0.578. The number of hydrogen-bond donors (Lipinski definition) is 4. The molecule has 3 heterocycles. The lowest BCUT2D eigenvalue weighted by Gasteiger charge is -2.34. The second kappa shape index (κ2) is 7.64. The molecule has 1 amide bonds. The molecule has 164 valence electrons. The summed E-state index contributed by atoms with van der Waals surface area (Å²) >= 11 is 0. The molecule has 1 spiro atoms. The van der Waals surface area contributed by atoms with Crippen molar-refractivity contribution in [3.05, 3.63) is 40.5 Å². The van der Waals surface area contributed by atoms with Gasteiger partial charge >= 0.3 is 0 Å². The van der Waals surface area contributed by atoms with Crippen molar-refractivity contribution in [2.75, 3.05) is 10.6 Å². The summed E-state index contributed by atoms with van der Waals surface area (Å²) in [6.07, 6.45) is 8.36. The fraction of sp³-hybridized carbons (Fsp3) is 0.545. The average molecular weight is 425 g/mol. The average Bonchev–Trinajstić information content (AvgIpc) is 3.27. The number of anilines is 3. The number of nitrogens with one attached hydrogen (secondary N) is 3. The third-order valence-corrected chi connectivity index (χ3v) is 6.88. The van der Waals surface area contributed by atoms with E-state index in [0.717, 1.165) is 61.7 Å². The molecule has 0 bridgehead atoms. The zero-order valence-electron chi connectivity index (χ0n) is 17.6. The summed E-state index contributed by atoms with van der Waals surface area (Å²) in [5.74, 6) is 1.25. The Bertz CT molecular complexity index is 1020. The third kappa shape index (κ3) is 3.46. The number of aromatic nitrogens is 3. The second-order valence-corrected chi connectivity index (χ2v) is 8.99. The van der Waals surface area contributed by atoms with Gasteiger partial charge in [-0.15, -0.1) is 0 Å². The van der Waals surface area contributed by atoms with Crippen LogP contribution in [0.5, 0.6) is 0 Å². The van der Waals surface area contributed by atoms with Gasteiger partial charge in [-0.2, -0.15) is 4.98 Å². The monoisotopic (exact) mass is 424 g/mol. The van der Waals surface area contributed by atoms with Gasteiger partial charge < -0.3 is 20.9 Å². The number of hydrogen-bond acceptors (Lipinski definition) is 7. The number of nitrogens with zero attached hydrogens (tertiary/aromatic N) is 3. The van der Waals surface area contributed by atoms with Crippen molar-refractivity contribution < 1.29 is 14.6 Å². The van der Waals surface area contributed by atoms with Crippen LogP contribution in [0.3, 0.4) is 0 Å². The van der Waals surface area contributed by atoms with Crippen LogP contribution in [-0.4, -0.2) is 33.1 Å². The molecule has 2 aliphatic carbocycles. The lowest BCUT2D eigenvalue weighted by Crippen LogP contribution is -2.49. The van der Waals surface area contributed by atoms with E-state index < -0.39 is 5.54 Å². The Labute approximate surface area is 180 Å². The smallest absolute Gasteiger partial charge is 0.284 e. The predicted octanol–water partition coefficient (Wildman–Crippen LogP) is 2.39. The van der Waals surface area contributed by atoms with E-state index in [-0.39, 0.29) is 18.1 Å². The molecule has 2 atom stereocenters. The zero-order chi connectivity index (χ0) is 21.6. The number of carbonyl (C=O) groups is 1. The van der Waals surface area contributed by atoms with E-state index in [1.165, 1.54) is 6.33 Å². The van der Waals surface area contributed by atoms with Crippen molar-refractivity contribution in [3.8, 4) is 0 Å². The predicted molar refractivity (Wildman–Crippen MR) is 115 cm³/mol. The van der Waals surface area contributed by atoms with Gasteiger partial charge in [0.05, 0.1) is 17.7 Å². The van der Waals surface area contributed by atoms with Crippen LogP contribution in [0.2, 0.25) is 0 Å². The number of aliphatic hydroxyl groups excluding tert-OH is 1. The Hall–Kier alpha value is -2.94. The SMILES string of the molecule is Cc1cc(Nc2cc(N[C@@H]3CCC[C@@H]3O)ncn2)[n+]([O-])c2c1C(=O)NC21CCCCC1. The van der Waals surface area contributed by atoms with Gasteiger partial charge in [0.15, 0.2) is 0 Å². The molecule has 31 heavy (non-hydrogen) atoms. The molecule has 2 saturated carbocycles. The van der Waals surface area contributed by atoms with Crippen LogP contribution in [0.4, 0.5) is 17.5 Å². The Morgan fingerprint density at radius 1 is 1.16 bits per heavy atom. The van der Waals surface area contributed by atoms with Gasteiger partial charge in [-0.3, -0.25) is 4.79 Å². The van der Waals surface area contributed by atoms with Crippen LogP contribution in [-0.2, 0) is 5.54 Å².